The molecule has 0 aliphatic heterocycles. The number of carbonyl (C=O) groups excluding carboxylic acids is 2. The van der Waals surface area contributed by atoms with E-state index < -0.39 is 11.8 Å². The minimum Gasteiger partial charge on any atom is -0.318 e. The van der Waals surface area contributed by atoms with Crippen LogP contribution in [0, 0.1) is 0 Å². The van der Waals surface area contributed by atoms with Crippen molar-refractivity contribution in [2.45, 2.75) is 0 Å². The number of amides is 2. The van der Waals surface area contributed by atoms with E-state index in [0.717, 1.165) is 5.56 Å². The molecule has 0 heterocycles. The van der Waals surface area contributed by atoms with Gasteiger partial charge in [0.15, 0.2) is 0 Å². The summed E-state index contributed by atoms with van der Waals surface area (Å²) in [6.45, 7) is 0. The Bertz CT molecular complexity index is 672. The number of hydrazone groups is 1. The van der Waals surface area contributed by atoms with Crippen LogP contribution in [-0.4, -0.2) is 18.0 Å². The summed E-state index contributed by atoms with van der Waals surface area (Å²) in [6.07, 6.45) is 1.45. The lowest BCUT2D eigenvalue weighted by Gasteiger charge is -2.03. The highest BCUT2D eigenvalue weighted by Gasteiger charge is 2.12. The summed E-state index contributed by atoms with van der Waals surface area (Å²) >= 11 is 5.78. The molecule has 0 atom stereocenters. The van der Waals surface area contributed by atoms with Crippen molar-refractivity contribution in [3.63, 3.8) is 0 Å². The van der Waals surface area contributed by atoms with Crippen LogP contribution in [-0.2, 0) is 9.59 Å². The Kier molecular flexibility index (Phi) is 5.06. The monoisotopic (exact) mass is 301 g/mol. The van der Waals surface area contributed by atoms with E-state index in [1.54, 1.807) is 24.3 Å². The predicted molar refractivity (Wildman–Crippen MR) is 82.3 cm³/mol. The Hall–Kier alpha value is -2.66. The van der Waals surface area contributed by atoms with E-state index in [4.69, 9.17) is 11.6 Å². The normalized spacial score (nSPS) is 10.3. The molecule has 0 unspecified atom stereocenters. The third kappa shape index (κ3) is 4.74. The summed E-state index contributed by atoms with van der Waals surface area (Å²) < 4.78 is 0. The van der Waals surface area contributed by atoms with Crippen molar-refractivity contribution in [1.29, 1.82) is 0 Å². The van der Waals surface area contributed by atoms with Gasteiger partial charge in [-0.25, -0.2) is 5.43 Å². The molecule has 2 aromatic carbocycles. The standard InChI is InChI=1S/C15H12ClN3O2/c16-12-7-4-8-13(9-12)18-14(20)15(21)19-17-10-11-5-2-1-3-6-11/h1-10H,(H,18,20)(H,19,21)/b17-10+. The molecule has 21 heavy (non-hydrogen) atoms. The lowest BCUT2D eigenvalue weighted by atomic mass is 10.2. The van der Waals surface area contributed by atoms with Crippen LogP contribution in [0.3, 0.4) is 0 Å². The third-order valence-corrected chi connectivity index (χ3v) is 2.70. The fourth-order valence-corrected chi connectivity index (χ4v) is 1.70. The smallest absolute Gasteiger partial charge is 0.318 e. The maximum atomic E-state index is 11.6. The molecule has 0 saturated carbocycles. The maximum absolute atomic E-state index is 11.6. The summed E-state index contributed by atoms with van der Waals surface area (Å²) in [6, 6.07) is 15.7. The van der Waals surface area contributed by atoms with E-state index in [1.807, 2.05) is 30.3 Å². The average Bonchev–Trinajstić information content (AvgIpc) is 2.48. The molecular formula is C15H12ClN3O2. The van der Waals surface area contributed by atoms with Gasteiger partial charge in [0.2, 0.25) is 0 Å². The van der Waals surface area contributed by atoms with E-state index in [0.29, 0.717) is 10.7 Å². The molecule has 0 fully saturated rings. The second kappa shape index (κ2) is 7.21. The Labute approximate surface area is 126 Å². The lowest BCUT2D eigenvalue weighted by Crippen LogP contribution is -2.32. The van der Waals surface area contributed by atoms with Gasteiger partial charge in [-0.1, -0.05) is 48.0 Å². The van der Waals surface area contributed by atoms with Gasteiger partial charge in [0.1, 0.15) is 0 Å². The minimum absolute atomic E-state index is 0.440. The van der Waals surface area contributed by atoms with Crippen molar-refractivity contribution in [3.05, 3.63) is 65.2 Å². The molecule has 0 aliphatic carbocycles. The molecule has 6 heteroatoms. The molecule has 0 spiro atoms. The van der Waals surface area contributed by atoms with E-state index in [1.165, 1.54) is 6.21 Å². The molecule has 2 aromatic rings. The van der Waals surface area contributed by atoms with Crippen molar-refractivity contribution in [2.24, 2.45) is 5.10 Å². The van der Waals surface area contributed by atoms with Gasteiger partial charge in [0, 0.05) is 10.7 Å². The van der Waals surface area contributed by atoms with Crippen LogP contribution in [0.15, 0.2) is 59.7 Å². The average molecular weight is 302 g/mol. The van der Waals surface area contributed by atoms with Crippen LogP contribution in [0.2, 0.25) is 5.02 Å². The second-order valence-electron chi connectivity index (χ2n) is 4.07. The first-order valence-corrected chi connectivity index (χ1v) is 6.48. The molecule has 0 radical (unpaired) electrons. The SMILES string of the molecule is O=C(N/N=C/c1ccccc1)C(=O)Nc1cccc(Cl)c1. The predicted octanol–water partition coefficient (Wildman–Crippen LogP) is 2.43. The summed E-state index contributed by atoms with van der Waals surface area (Å²) in [5.41, 5.74) is 3.40. The first-order valence-electron chi connectivity index (χ1n) is 6.10. The van der Waals surface area contributed by atoms with Crippen molar-refractivity contribution in [1.82, 2.24) is 5.43 Å². The molecule has 2 N–H and O–H groups in total. The summed E-state index contributed by atoms with van der Waals surface area (Å²) in [4.78, 5) is 23.2. The summed E-state index contributed by atoms with van der Waals surface area (Å²) in [5, 5.41) is 6.60. The fourth-order valence-electron chi connectivity index (χ4n) is 1.51. The van der Waals surface area contributed by atoms with Gasteiger partial charge >= 0.3 is 11.8 Å². The lowest BCUT2D eigenvalue weighted by molar-refractivity contribution is -0.136. The van der Waals surface area contributed by atoms with E-state index in [9.17, 15) is 9.59 Å². The largest absolute Gasteiger partial charge is 0.329 e. The molecule has 0 aliphatic rings. The maximum Gasteiger partial charge on any atom is 0.329 e. The minimum atomic E-state index is -0.859. The molecule has 0 aromatic heterocycles. The molecule has 106 valence electrons. The Morgan fingerprint density at radius 2 is 1.76 bits per heavy atom. The molecule has 2 rings (SSSR count). The van der Waals surface area contributed by atoms with Gasteiger partial charge in [-0.2, -0.15) is 5.10 Å². The number of rotatable bonds is 3. The number of nitrogens with one attached hydrogen (secondary N) is 2. The number of anilines is 1. The van der Waals surface area contributed by atoms with Crippen molar-refractivity contribution in [3.8, 4) is 0 Å². The van der Waals surface area contributed by atoms with Gasteiger partial charge < -0.3 is 5.32 Å². The van der Waals surface area contributed by atoms with Crippen LogP contribution >= 0.6 is 11.6 Å². The molecular weight excluding hydrogens is 290 g/mol. The van der Waals surface area contributed by atoms with Crippen LogP contribution in [0.4, 0.5) is 5.69 Å². The Morgan fingerprint density at radius 1 is 1.00 bits per heavy atom. The van der Waals surface area contributed by atoms with Crippen molar-refractivity contribution in [2.75, 3.05) is 5.32 Å². The van der Waals surface area contributed by atoms with Crippen LogP contribution in [0.5, 0.6) is 0 Å². The quantitative estimate of drug-likeness (QED) is 0.519. The zero-order valence-electron chi connectivity index (χ0n) is 10.9. The number of hydrogen-bond donors (Lipinski definition) is 2. The highest BCUT2D eigenvalue weighted by Crippen LogP contribution is 2.14. The first-order chi connectivity index (χ1) is 10.1. The molecule has 0 saturated heterocycles. The van der Waals surface area contributed by atoms with Gasteiger partial charge in [0.05, 0.1) is 6.21 Å². The van der Waals surface area contributed by atoms with Crippen LogP contribution in [0.25, 0.3) is 0 Å². The Balaban J connectivity index is 1.88. The first kappa shape index (κ1) is 14.7. The van der Waals surface area contributed by atoms with Gasteiger partial charge in [-0.05, 0) is 23.8 Å². The fraction of sp³-hybridized carbons (Fsp3) is 0. The van der Waals surface area contributed by atoms with Crippen LogP contribution < -0.4 is 10.7 Å². The van der Waals surface area contributed by atoms with Gasteiger partial charge in [-0.3, -0.25) is 9.59 Å². The molecule has 0 bridgehead atoms. The number of benzene rings is 2. The second-order valence-corrected chi connectivity index (χ2v) is 4.51. The van der Waals surface area contributed by atoms with Crippen molar-refractivity contribution >= 4 is 35.3 Å². The Morgan fingerprint density at radius 3 is 2.48 bits per heavy atom. The number of nitrogens with zero attached hydrogens (tertiary/aromatic N) is 1. The topological polar surface area (TPSA) is 70.6 Å². The van der Waals surface area contributed by atoms with E-state index in [2.05, 4.69) is 15.8 Å². The highest BCUT2D eigenvalue weighted by molar-refractivity contribution is 6.39. The molecule has 5 nitrogen and oxygen atoms in total. The number of carbonyl (C=O) groups is 2. The van der Waals surface area contributed by atoms with E-state index >= 15 is 0 Å². The zero-order valence-corrected chi connectivity index (χ0v) is 11.7. The number of hydrogen-bond acceptors (Lipinski definition) is 3. The van der Waals surface area contributed by atoms with Gasteiger partial charge in [-0.15, -0.1) is 0 Å². The zero-order chi connectivity index (χ0) is 15.1. The third-order valence-electron chi connectivity index (χ3n) is 2.47. The highest BCUT2D eigenvalue weighted by atomic mass is 35.5. The number of halogens is 1. The van der Waals surface area contributed by atoms with E-state index in [-0.39, 0.29) is 0 Å². The van der Waals surface area contributed by atoms with Crippen LogP contribution in [0.1, 0.15) is 5.56 Å². The molecule has 2 amide bonds. The van der Waals surface area contributed by atoms with Crippen molar-refractivity contribution < 1.29 is 9.59 Å². The summed E-state index contributed by atoms with van der Waals surface area (Å²) in [5.74, 6) is -1.68. The summed E-state index contributed by atoms with van der Waals surface area (Å²) in [7, 11) is 0. The van der Waals surface area contributed by atoms with Gasteiger partial charge in [0.25, 0.3) is 0 Å².